The van der Waals surface area contributed by atoms with Crippen molar-refractivity contribution in [2.75, 3.05) is 7.05 Å². The van der Waals surface area contributed by atoms with E-state index in [0.29, 0.717) is 12.0 Å². The smallest absolute Gasteiger partial charge is 0.0210 e. The lowest BCUT2D eigenvalue weighted by Crippen LogP contribution is -2.31. The molecule has 0 radical (unpaired) electrons. The first kappa shape index (κ1) is 12.1. The van der Waals surface area contributed by atoms with Gasteiger partial charge in [-0.25, -0.2) is 0 Å². The summed E-state index contributed by atoms with van der Waals surface area (Å²) in [6.07, 6.45) is 6.74. The van der Waals surface area contributed by atoms with E-state index < -0.39 is 0 Å². The van der Waals surface area contributed by atoms with E-state index in [1.165, 1.54) is 42.1 Å². The van der Waals surface area contributed by atoms with Gasteiger partial charge in [-0.1, -0.05) is 53.4 Å². The lowest BCUT2D eigenvalue weighted by atomic mass is 9.88. The van der Waals surface area contributed by atoms with Crippen LogP contribution in [0.15, 0.2) is 28.7 Å². The fourth-order valence-electron chi connectivity index (χ4n) is 2.80. The molecule has 2 atom stereocenters. The van der Waals surface area contributed by atoms with Gasteiger partial charge in [0.25, 0.3) is 0 Å². The van der Waals surface area contributed by atoms with E-state index >= 15 is 0 Å². The van der Waals surface area contributed by atoms with Crippen LogP contribution in [0.2, 0.25) is 0 Å². The highest BCUT2D eigenvalue weighted by Crippen LogP contribution is 2.35. The zero-order chi connectivity index (χ0) is 11.4. The SMILES string of the molecule is CNC1CCCCCC1c1ccccc1Br. The molecular weight excluding hydrogens is 262 g/mol. The van der Waals surface area contributed by atoms with Crippen molar-refractivity contribution in [1.29, 1.82) is 0 Å². The van der Waals surface area contributed by atoms with Crippen LogP contribution in [0.25, 0.3) is 0 Å². The van der Waals surface area contributed by atoms with Crippen molar-refractivity contribution in [1.82, 2.24) is 5.32 Å². The van der Waals surface area contributed by atoms with Gasteiger partial charge in [-0.3, -0.25) is 0 Å². The molecule has 1 saturated carbocycles. The number of benzene rings is 1. The van der Waals surface area contributed by atoms with E-state index in [2.05, 4.69) is 52.6 Å². The normalized spacial score (nSPS) is 26.4. The van der Waals surface area contributed by atoms with Gasteiger partial charge in [0, 0.05) is 16.4 Å². The molecule has 0 spiro atoms. The van der Waals surface area contributed by atoms with Crippen LogP contribution in [-0.4, -0.2) is 13.1 Å². The third-order valence-electron chi connectivity index (χ3n) is 3.69. The van der Waals surface area contributed by atoms with Crippen molar-refractivity contribution >= 4 is 15.9 Å². The lowest BCUT2D eigenvalue weighted by molar-refractivity contribution is 0.438. The Labute approximate surface area is 107 Å². The zero-order valence-corrected chi connectivity index (χ0v) is 11.5. The Kier molecular flexibility index (Phi) is 4.42. The molecule has 1 aromatic carbocycles. The molecule has 1 N–H and O–H groups in total. The summed E-state index contributed by atoms with van der Waals surface area (Å²) in [7, 11) is 2.10. The molecule has 2 heteroatoms. The van der Waals surface area contributed by atoms with Crippen LogP contribution in [0.4, 0.5) is 0 Å². The number of rotatable bonds is 2. The molecule has 1 aliphatic carbocycles. The monoisotopic (exact) mass is 281 g/mol. The molecule has 0 aliphatic heterocycles. The van der Waals surface area contributed by atoms with Crippen LogP contribution in [-0.2, 0) is 0 Å². The fourth-order valence-corrected chi connectivity index (χ4v) is 3.38. The number of hydrogen-bond donors (Lipinski definition) is 1. The van der Waals surface area contributed by atoms with Crippen LogP contribution in [0.1, 0.15) is 43.6 Å². The van der Waals surface area contributed by atoms with Crippen LogP contribution < -0.4 is 5.32 Å². The maximum Gasteiger partial charge on any atom is 0.0210 e. The molecule has 1 fully saturated rings. The summed E-state index contributed by atoms with van der Waals surface area (Å²) >= 11 is 3.69. The summed E-state index contributed by atoms with van der Waals surface area (Å²) in [6.45, 7) is 0. The van der Waals surface area contributed by atoms with E-state index in [9.17, 15) is 0 Å². The second-order valence-electron chi connectivity index (χ2n) is 4.66. The molecule has 88 valence electrons. The van der Waals surface area contributed by atoms with Gasteiger partial charge >= 0.3 is 0 Å². The fraction of sp³-hybridized carbons (Fsp3) is 0.571. The van der Waals surface area contributed by atoms with E-state index in [4.69, 9.17) is 0 Å². The minimum Gasteiger partial charge on any atom is -0.316 e. The quantitative estimate of drug-likeness (QED) is 0.806. The molecule has 0 aromatic heterocycles. The third kappa shape index (κ3) is 2.67. The number of hydrogen-bond acceptors (Lipinski definition) is 1. The first-order valence-corrected chi connectivity index (χ1v) is 7.04. The summed E-state index contributed by atoms with van der Waals surface area (Å²) in [5, 5.41) is 3.50. The first-order chi connectivity index (χ1) is 7.83. The summed E-state index contributed by atoms with van der Waals surface area (Å²) in [5.41, 5.74) is 1.48. The highest BCUT2D eigenvalue weighted by Gasteiger charge is 2.24. The van der Waals surface area contributed by atoms with E-state index in [0.717, 1.165) is 0 Å². The standard InChI is InChI=1S/C14H20BrN/c1-16-14-10-4-2-3-8-12(14)11-7-5-6-9-13(11)15/h5-7,9,12,14,16H,2-4,8,10H2,1H3. The Bertz CT molecular complexity index is 337. The third-order valence-corrected chi connectivity index (χ3v) is 4.41. The minimum absolute atomic E-state index is 0.640. The number of nitrogens with one attached hydrogen (secondary N) is 1. The highest BCUT2D eigenvalue weighted by molar-refractivity contribution is 9.10. The molecule has 2 unspecified atom stereocenters. The van der Waals surface area contributed by atoms with Crippen molar-refractivity contribution in [2.24, 2.45) is 0 Å². The zero-order valence-electron chi connectivity index (χ0n) is 9.88. The van der Waals surface area contributed by atoms with Crippen molar-refractivity contribution in [3.63, 3.8) is 0 Å². The van der Waals surface area contributed by atoms with E-state index in [-0.39, 0.29) is 0 Å². The van der Waals surface area contributed by atoms with E-state index in [1.807, 2.05) is 0 Å². The minimum atomic E-state index is 0.640. The summed E-state index contributed by atoms with van der Waals surface area (Å²) < 4.78 is 1.27. The number of likely N-dealkylation sites (N-methyl/N-ethyl adjacent to an activating group) is 1. The van der Waals surface area contributed by atoms with Crippen LogP contribution in [0.3, 0.4) is 0 Å². The van der Waals surface area contributed by atoms with Crippen molar-refractivity contribution in [3.8, 4) is 0 Å². The molecule has 0 amide bonds. The van der Waals surface area contributed by atoms with Crippen LogP contribution >= 0.6 is 15.9 Å². The van der Waals surface area contributed by atoms with Gasteiger partial charge in [0.15, 0.2) is 0 Å². The summed E-state index contributed by atoms with van der Waals surface area (Å²) in [5.74, 6) is 0.670. The number of halogens is 1. The van der Waals surface area contributed by atoms with Gasteiger partial charge in [-0.05, 0) is 31.5 Å². The Morgan fingerprint density at radius 1 is 1.12 bits per heavy atom. The van der Waals surface area contributed by atoms with Crippen LogP contribution in [0, 0.1) is 0 Å². The second-order valence-corrected chi connectivity index (χ2v) is 5.52. The molecule has 1 aliphatic rings. The van der Waals surface area contributed by atoms with Gasteiger partial charge in [-0.2, -0.15) is 0 Å². The van der Waals surface area contributed by atoms with Crippen molar-refractivity contribution in [3.05, 3.63) is 34.3 Å². The average molecular weight is 282 g/mol. The van der Waals surface area contributed by atoms with Gasteiger partial charge in [0.2, 0.25) is 0 Å². The largest absolute Gasteiger partial charge is 0.316 e. The van der Waals surface area contributed by atoms with Crippen molar-refractivity contribution in [2.45, 2.75) is 44.1 Å². The highest BCUT2D eigenvalue weighted by atomic mass is 79.9. The predicted octanol–water partition coefficient (Wildman–Crippen LogP) is 4.08. The van der Waals surface area contributed by atoms with Gasteiger partial charge in [-0.15, -0.1) is 0 Å². The summed E-state index contributed by atoms with van der Waals surface area (Å²) in [4.78, 5) is 0. The molecule has 2 rings (SSSR count). The first-order valence-electron chi connectivity index (χ1n) is 6.24. The van der Waals surface area contributed by atoms with Gasteiger partial charge in [0.1, 0.15) is 0 Å². The van der Waals surface area contributed by atoms with E-state index in [1.54, 1.807) is 0 Å². The van der Waals surface area contributed by atoms with Gasteiger partial charge < -0.3 is 5.32 Å². The Morgan fingerprint density at radius 2 is 1.88 bits per heavy atom. The predicted molar refractivity (Wildman–Crippen MR) is 72.8 cm³/mol. The molecule has 16 heavy (non-hydrogen) atoms. The van der Waals surface area contributed by atoms with Crippen molar-refractivity contribution < 1.29 is 0 Å². The maximum absolute atomic E-state index is 3.69. The average Bonchev–Trinajstić information content (AvgIpc) is 2.54. The molecule has 1 nitrogen and oxygen atoms in total. The summed E-state index contributed by atoms with van der Waals surface area (Å²) in [6, 6.07) is 9.31. The molecule has 0 heterocycles. The van der Waals surface area contributed by atoms with Gasteiger partial charge in [0.05, 0.1) is 0 Å². The second kappa shape index (κ2) is 5.83. The molecule has 1 aromatic rings. The Morgan fingerprint density at radius 3 is 2.62 bits per heavy atom. The molecular formula is C14H20BrN. The Hall–Kier alpha value is -0.340. The topological polar surface area (TPSA) is 12.0 Å². The molecule has 0 saturated heterocycles. The molecule has 0 bridgehead atoms. The Balaban J connectivity index is 2.25. The maximum atomic E-state index is 3.69. The van der Waals surface area contributed by atoms with Crippen LogP contribution in [0.5, 0.6) is 0 Å². The lowest BCUT2D eigenvalue weighted by Gasteiger charge is -2.26.